The average Bonchev–Trinajstić information content (AvgIpc) is 2.28. The zero-order valence-corrected chi connectivity index (χ0v) is 9.99. The Hall–Kier alpha value is -1.06. The van der Waals surface area contributed by atoms with E-state index in [1.54, 1.807) is 6.92 Å². The molecule has 0 heterocycles. The summed E-state index contributed by atoms with van der Waals surface area (Å²) in [6, 6.07) is 0. The number of carbonyl (C=O) groups excluding carboxylic acids is 1. The van der Waals surface area contributed by atoms with Gasteiger partial charge in [-0.25, -0.2) is 0 Å². The summed E-state index contributed by atoms with van der Waals surface area (Å²) in [5, 5.41) is 8.92. The largest absolute Gasteiger partial charge is 0.481 e. The highest BCUT2D eigenvalue weighted by atomic mass is 16.5. The second-order valence-electron chi connectivity index (χ2n) is 4.81. The molecule has 1 fully saturated rings. The summed E-state index contributed by atoms with van der Waals surface area (Å²) in [4.78, 5) is 22.7. The molecule has 0 aromatic heterocycles. The van der Waals surface area contributed by atoms with Gasteiger partial charge >= 0.3 is 11.9 Å². The molecular formula is C12H20O4. The summed E-state index contributed by atoms with van der Waals surface area (Å²) in [6.45, 7) is 1.73. The topological polar surface area (TPSA) is 63.6 Å². The summed E-state index contributed by atoms with van der Waals surface area (Å²) in [6.07, 6.45) is 5.07. The third kappa shape index (κ3) is 2.74. The number of hydrogen-bond donors (Lipinski definition) is 1. The first-order valence-corrected chi connectivity index (χ1v) is 5.81. The first-order valence-electron chi connectivity index (χ1n) is 5.81. The van der Waals surface area contributed by atoms with E-state index >= 15 is 0 Å². The van der Waals surface area contributed by atoms with Gasteiger partial charge in [-0.05, 0) is 25.7 Å². The molecule has 1 aliphatic rings. The molecule has 1 aliphatic carbocycles. The Balaban J connectivity index is 2.83. The molecule has 0 saturated heterocycles. The van der Waals surface area contributed by atoms with E-state index in [9.17, 15) is 9.59 Å². The molecule has 0 unspecified atom stereocenters. The van der Waals surface area contributed by atoms with Crippen molar-refractivity contribution < 1.29 is 19.4 Å². The molecule has 0 radical (unpaired) electrons. The lowest BCUT2D eigenvalue weighted by molar-refractivity contribution is -0.162. The van der Waals surface area contributed by atoms with Gasteiger partial charge in [0, 0.05) is 0 Å². The molecule has 0 aromatic carbocycles. The van der Waals surface area contributed by atoms with Crippen molar-refractivity contribution in [2.75, 3.05) is 7.11 Å². The molecule has 0 aliphatic heterocycles. The number of rotatable bonds is 4. The van der Waals surface area contributed by atoms with Crippen molar-refractivity contribution in [1.29, 1.82) is 0 Å². The van der Waals surface area contributed by atoms with Crippen LogP contribution in [0, 0.1) is 11.3 Å². The Labute approximate surface area is 96.0 Å². The number of hydrogen-bond acceptors (Lipinski definition) is 3. The fraction of sp³-hybridized carbons (Fsp3) is 0.833. The standard InChI is InChI=1S/C12H20O4/c1-12(8-10(13)14,11(15)16-2)9-6-4-3-5-7-9/h9H,3-8H2,1-2H3,(H,13,14)/t12-/m0/s1. The van der Waals surface area contributed by atoms with E-state index in [0.717, 1.165) is 25.7 Å². The van der Waals surface area contributed by atoms with Crippen LogP contribution in [0.1, 0.15) is 45.4 Å². The summed E-state index contributed by atoms with van der Waals surface area (Å²) in [5.74, 6) is -1.18. The second-order valence-corrected chi connectivity index (χ2v) is 4.81. The molecule has 0 aromatic rings. The van der Waals surface area contributed by atoms with Crippen molar-refractivity contribution in [2.24, 2.45) is 11.3 Å². The van der Waals surface area contributed by atoms with Crippen LogP contribution >= 0.6 is 0 Å². The molecule has 4 nitrogen and oxygen atoms in total. The number of aliphatic carboxylic acids is 1. The van der Waals surface area contributed by atoms with Crippen LogP contribution in [0.5, 0.6) is 0 Å². The van der Waals surface area contributed by atoms with Gasteiger partial charge in [-0.15, -0.1) is 0 Å². The monoisotopic (exact) mass is 228 g/mol. The van der Waals surface area contributed by atoms with E-state index in [1.165, 1.54) is 13.5 Å². The Bertz CT molecular complexity index is 268. The normalized spacial score (nSPS) is 21.1. The molecular weight excluding hydrogens is 208 g/mol. The molecule has 0 spiro atoms. The van der Waals surface area contributed by atoms with E-state index in [2.05, 4.69) is 0 Å². The van der Waals surface area contributed by atoms with Crippen LogP contribution in [-0.4, -0.2) is 24.2 Å². The van der Waals surface area contributed by atoms with Gasteiger partial charge in [-0.1, -0.05) is 19.3 Å². The van der Waals surface area contributed by atoms with Crippen molar-refractivity contribution in [1.82, 2.24) is 0 Å². The lowest BCUT2D eigenvalue weighted by atomic mass is 9.68. The number of esters is 1. The summed E-state index contributed by atoms with van der Waals surface area (Å²) in [5.41, 5.74) is -0.860. The first kappa shape index (κ1) is 13.0. The number of ether oxygens (including phenoxy) is 1. The van der Waals surface area contributed by atoms with Crippen molar-refractivity contribution >= 4 is 11.9 Å². The fourth-order valence-electron chi connectivity index (χ4n) is 2.67. The van der Waals surface area contributed by atoms with Gasteiger partial charge in [-0.2, -0.15) is 0 Å². The van der Waals surface area contributed by atoms with Gasteiger partial charge in [0.2, 0.25) is 0 Å². The van der Waals surface area contributed by atoms with Crippen molar-refractivity contribution in [2.45, 2.75) is 45.4 Å². The third-order valence-electron chi connectivity index (χ3n) is 3.68. The van der Waals surface area contributed by atoms with Crippen molar-refractivity contribution in [3.05, 3.63) is 0 Å². The smallest absolute Gasteiger partial charge is 0.312 e. The lowest BCUT2D eigenvalue weighted by Gasteiger charge is -2.36. The van der Waals surface area contributed by atoms with Gasteiger partial charge in [-0.3, -0.25) is 9.59 Å². The molecule has 1 rings (SSSR count). The molecule has 1 atom stereocenters. The molecule has 1 saturated carbocycles. The van der Waals surface area contributed by atoms with Crippen LogP contribution in [0.25, 0.3) is 0 Å². The zero-order chi connectivity index (χ0) is 12.2. The minimum absolute atomic E-state index is 0.135. The molecule has 0 amide bonds. The summed E-state index contributed by atoms with van der Waals surface area (Å²) >= 11 is 0. The minimum atomic E-state index is -0.932. The molecule has 92 valence electrons. The highest BCUT2D eigenvalue weighted by Gasteiger charge is 2.44. The predicted octanol–water partition coefficient (Wildman–Crippen LogP) is 2.22. The maximum Gasteiger partial charge on any atom is 0.312 e. The molecule has 16 heavy (non-hydrogen) atoms. The van der Waals surface area contributed by atoms with Gasteiger partial charge in [0.05, 0.1) is 18.9 Å². The highest BCUT2D eigenvalue weighted by Crippen LogP contribution is 2.41. The van der Waals surface area contributed by atoms with E-state index < -0.39 is 11.4 Å². The van der Waals surface area contributed by atoms with Crippen LogP contribution in [0.15, 0.2) is 0 Å². The molecule has 4 heteroatoms. The van der Waals surface area contributed by atoms with E-state index in [1.807, 2.05) is 0 Å². The van der Waals surface area contributed by atoms with Gasteiger partial charge in [0.1, 0.15) is 0 Å². The summed E-state index contributed by atoms with van der Waals surface area (Å²) in [7, 11) is 1.32. The predicted molar refractivity (Wildman–Crippen MR) is 59.0 cm³/mol. The Morgan fingerprint density at radius 2 is 1.88 bits per heavy atom. The van der Waals surface area contributed by atoms with Crippen molar-refractivity contribution in [3.63, 3.8) is 0 Å². The quantitative estimate of drug-likeness (QED) is 0.749. The van der Waals surface area contributed by atoms with Gasteiger partial charge in [0.25, 0.3) is 0 Å². The van der Waals surface area contributed by atoms with Gasteiger partial charge < -0.3 is 9.84 Å². The maximum absolute atomic E-state index is 11.8. The fourth-order valence-corrected chi connectivity index (χ4v) is 2.67. The Morgan fingerprint density at radius 3 is 2.31 bits per heavy atom. The minimum Gasteiger partial charge on any atom is -0.481 e. The van der Waals surface area contributed by atoms with Gasteiger partial charge in [0.15, 0.2) is 0 Å². The van der Waals surface area contributed by atoms with E-state index in [4.69, 9.17) is 9.84 Å². The second kappa shape index (κ2) is 5.32. The Kier molecular flexibility index (Phi) is 4.33. The van der Waals surface area contributed by atoms with E-state index in [-0.39, 0.29) is 18.3 Å². The number of carbonyl (C=O) groups is 2. The van der Waals surface area contributed by atoms with Crippen LogP contribution in [0.2, 0.25) is 0 Å². The molecule has 0 bridgehead atoms. The van der Waals surface area contributed by atoms with Crippen LogP contribution in [-0.2, 0) is 14.3 Å². The average molecular weight is 228 g/mol. The maximum atomic E-state index is 11.8. The number of carboxylic acid groups (broad SMARTS) is 1. The number of methoxy groups -OCH3 is 1. The van der Waals surface area contributed by atoms with Crippen LogP contribution in [0.3, 0.4) is 0 Å². The third-order valence-corrected chi connectivity index (χ3v) is 3.68. The molecule has 1 N–H and O–H groups in total. The van der Waals surface area contributed by atoms with Crippen LogP contribution < -0.4 is 0 Å². The van der Waals surface area contributed by atoms with Crippen LogP contribution in [0.4, 0.5) is 0 Å². The number of carboxylic acids is 1. The Morgan fingerprint density at radius 1 is 1.31 bits per heavy atom. The van der Waals surface area contributed by atoms with Crippen molar-refractivity contribution in [3.8, 4) is 0 Å². The summed E-state index contributed by atoms with van der Waals surface area (Å²) < 4.78 is 4.77. The first-order chi connectivity index (χ1) is 7.50. The highest BCUT2D eigenvalue weighted by molar-refractivity contribution is 5.82. The lowest BCUT2D eigenvalue weighted by Crippen LogP contribution is -2.40. The van der Waals surface area contributed by atoms with E-state index in [0.29, 0.717) is 0 Å². The SMILES string of the molecule is COC(=O)[C@@](C)(CC(=O)O)C1CCCCC1. The zero-order valence-electron chi connectivity index (χ0n) is 9.99.